The number of phosphoric ester groups is 1. The Morgan fingerprint density at radius 3 is 1.43 bits per heavy atom. The molecule has 0 aromatic carbocycles. The third-order valence-corrected chi connectivity index (χ3v) is 12.1. The lowest BCUT2D eigenvalue weighted by Crippen LogP contribution is -2.45. The average molecular weight is 866 g/mol. The quantitative estimate of drug-likeness (QED) is 0.0244. The van der Waals surface area contributed by atoms with Crippen molar-refractivity contribution < 1.29 is 32.9 Å². The van der Waals surface area contributed by atoms with E-state index in [9.17, 15) is 19.4 Å². The molecule has 0 heterocycles. The number of nitrogens with zero attached hydrogens (tertiary/aromatic N) is 1. The van der Waals surface area contributed by atoms with Crippen molar-refractivity contribution in [3.8, 4) is 0 Å². The standard InChI is InChI=1S/C51H97N2O6P/c1-6-8-10-12-14-16-17-18-19-20-21-22-23-24-25-26-27-28-29-30-31-32-33-34-35-37-39-41-43-45-51(55)52-49(48-59-60(56,57)58-47-46-53(3,4)5)50(54)44-42-40-38-36-15-13-11-9-7-2/h7,9,15,24-25,36,42,44,49-50,54H,6,8,10-14,16-23,26-35,37-41,43,45-48H2,1-5H3,(H-,52,55,56,57)/p+1/b9-7+,25-24-,36-15+,44-42+. The van der Waals surface area contributed by atoms with Gasteiger partial charge in [0.2, 0.25) is 5.91 Å². The molecule has 8 nitrogen and oxygen atoms in total. The van der Waals surface area contributed by atoms with Crippen LogP contribution in [0.15, 0.2) is 48.6 Å². The third-order valence-electron chi connectivity index (χ3n) is 11.1. The molecule has 3 unspecified atom stereocenters. The van der Waals surface area contributed by atoms with Gasteiger partial charge in [-0.15, -0.1) is 0 Å². The number of rotatable bonds is 45. The summed E-state index contributed by atoms with van der Waals surface area (Å²) in [5.41, 5.74) is 0. The number of quaternary nitrogens is 1. The molecule has 3 N–H and O–H groups in total. The molecule has 0 aliphatic rings. The van der Waals surface area contributed by atoms with Gasteiger partial charge >= 0.3 is 7.82 Å². The summed E-state index contributed by atoms with van der Waals surface area (Å²) in [6.07, 6.45) is 55.3. The molecule has 0 aliphatic carbocycles. The zero-order valence-electron chi connectivity index (χ0n) is 39.9. The van der Waals surface area contributed by atoms with Crippen molar-refractivity contribution >= 4 is 13.7 Å². The molecule has 0 fully saturated rings. The van der Waals surface area contributed by atoms with Gasteiger partial charge in [-0.25, -0.2) is 4.57 Å². The van der Waals surface area contributed by atoms with Gasteiger partial charge < -0.3 is 19.8 Å². The van der Waals surface area contributed by atoms with Crippen molar-refractivity contribution in [3.63, 3.8) is 0 Å². The number of hydrogen-bond donors (Lipinski definition) is 3. The zero-order valence-corrected chi connectivity index (χ0v) is 40.8. The fraction of sp³-hybridized carbons (Fsp3) is 0.824. The van der Waals surface area contributed by atoms with E-state index in [-0.39, 0.29) is 19.1 Å². The molecule has 0 radical (unpaired) electrons. The Hall–Kier alpha value is -1.54. The van der Waals surface area contributed by atoms with E-state index in [1.54, 1.807) is 6.08 Å². The SMILES string of the molecule is C/C=C/CC/C=C/CC/C=C/C(O)C(COP(=O)(O)OCC[N+](C)(C)C)NC(=O)CCCCCCCCCCCCCCC/C=C\CCCCCCCCCCCCCC. The maximum atomic E-state index is 12.9. The van der Waals surface area contributed by atoms with Gasteiger partial charge in [0.1, 0.15) is 13.2 Å². The van der Waals surface area contributed by atoms with E-state index in [1.807, 2.05) is 34.1 Å². The van der Waals surface area contributed by atoms with Gasteiger partial charge in [0, 0.05) is 6.42 Å². The number of carbonyl (C=O) groups excluding carboxylic acids is 1. The van der Waals surface area contributed by atoms with Gasteiger partial charge in [-0.3, -0.25) is 13.8 Å². The monoisotopic (exact) mass is 866 g/mol. The molecule has 352 valence electrons. The largest absolute Gasteiger partial charge is 0.472 e. The van der Waals surface area contributed by atoms with E-state index in [2.05, 4.69) is 48.7 Å². The summed E-state index contributed by atoms with van der Waals surface area (Å²) in [6, 6.07) is -0.867. The normalized spacial score (nSPS) is 14.6. The number of unbranched alkanes of at least 4 members (excludes halogenated alkanes) is 27. The van der Waals surface area contributed by atoms with Gasteiger partial charge in [0.15, 0.2) is 0 Å². The highest BCUT2D eigenvalue weighted by molar-refractivity contribution is 7.47. The molecule has 60 heavy (non-hydrogen) atoms. The molecule has 9 heteroatoms. The first-order valence-electron chi connectivity index (χ1n) is 25.0. The summed E-state index contributed by atoms with van der Waals surface area (Å²) < 4.78 is 23.5. The molecular weight excluding hydrogens is 768 g/mol. The van der Waals surface area contributed by atoms with Crippen molar-refractivity contribution in [3.05, 3.63) is 48.6 Å². The first-order chi connectivity index (χ1) is 29.0. The Kier molecular flexibility index (Phi) is 41.6. The average Bonchev–Trinajstić information content (AvgIpc) is 3.20. The molecule has 1 amide bonds. The number of nitrogens with one attached hydrogen (secondary N) is 1. The van der Waals surface area contributed by atoms with Crippen molar-refractivity contribution in [2.24, 2.45) is 0 Å². The molecule has 0 aromatic rings. The number of hydrogen-bond acceptors (Lipinski definition) is 5. The Labute approximate surface area is 371 Å². The second-order valence-electron chi connectivity index (χ2n) is 18.2. The number of aliphatic hydroxyl groups excluding tert-OH is 1. The highest BCUT2D eigenvalue weighted by atomic mass is 31.2. The van der Waals surface area contributed by atoms with Gasteiger partial charge in [-0.2, -0.15) is 0 Å². The zero-order chi connectivity index (χ0) is 44.3. The first kappa shape index (κ1) is 58.5. The number of phosphoric acid groups is 1. The van der Waals surface area contributed by atoms with Gasteiger partial charge in [-0.05, 0) is 64.7 Å². The van der Waals surface area contributed by atoms with Crippen LogP contribution in [0.25, 0.3) is 0 Å². The van der Waals surface area contributed by atoms with Crippen molar-refractivity contribution in [1.82, 2.24) is 5.32 Å². The van der Waals surface area contributed by atoms with Crippen LogP contribution < -0.4 is 5.32 Å². The van der Waals surface area contributed by atoms with Gasteiger partial charge in [0.25, 0.3) is 0 Å². The van der Waals surface area contributed by atoms with Crippen LogP contribution in [0.3, 0.4) is 0 Å². The van der Waals surface area contributed by atoms with E-state index < -0.39 is 20.0 Å². The predicted octanol–water partition coefficient (Wildman–Crippen LogP) is 14.4. The topological polar surface area (TPSA) is 105 Å². The third kappa shape index (κ3) is 44.5. The van der Waals surface area contributed by atoms with E-state index >= 15 is 0 Å². The van der Waals surface area contributed by atoms with Crippen LogP contribution in [0.1, 0.15) is 219 Å². The van der Waals surface area contributed by atoms with Crippen LogP contribution >= 0.6 is 7.82 Å². The number of likely N-dealkylation sites (N-methyl/N-ethyl adjacent to an activating group) is 1. The van der Waals surface area contributed by atoms with E-state index in [0.29, 0.717) is 17.4 Å². The summed E-state index contributed by atoms with van der Waals surface area (Å²) in [5, 5.41) is 13.7. The molecule has 0 aliphatic heterocycles. The predicted molar refractivity (Wildman–Crippen MR) is 258 cm³/mol. The fourth-order valence-electron chi connectivity index (χ4n) is 7.13. The minimum atomic E-state index is -4.34. The highest BCUT2D eigenvalue weighted by Crippen LogP contribution is 2.43. The summed E-state index contributed by atoms with van der Waals surface area (Å²) in [7, 11) is 1.54. The Bertz CT molecular complexity index is 1120. The summed E-state index contributed by atoms with van der Waals surface area (Å²) >= 11 is 0. The van der Waals surface area contributed by atoms with Gasteiger partial charge in [0.05, 0.1) is 39.9 Å². The van der Waals surface area contributed by atoms with E-state index in [0.717, 1.165) is 44.9 Å². The summed E-state index contributed by atoms with van der Waals surface area (Å²) in [4.78, 5) is 23.1. The van der Waals surface area contributed by atoms with Crippen molar-refractivity contribution in [1.29, 1.82) is 0 Å². The molecule has 0 rings (SSSR count). The van der Waals surface area contributed by atoms with Crippen LogP contribution in [-0.4, -0.2) is 73.4 Å². The lowest BCUT2D eigenvalue weighted by Gasteiger charge is -2.25. The Morgan fingerprint density at radius 1 is 0.583 bits per heavy atom. The van der Waals surface area contributed by atoms with E-state index in [4.69, 9.17) is 9.05 Å². The molecule has 0 aromatic heterocycles. The lowest BCUT2D eigenvalue weighted by molar-refractivity contribution is -0.870. The summed E-state index contributed by atoms with van der Waals surface area (Å²) in [5.74, 6) is -0.194. The van der Waals surface area contributed by atoms with Crippen LogP contribution in [-0.2, 0) is 18.4 Å². The number of amides is 1. The minimum Gasteiger partial charge on any atom is -0.387 e. The Balaban J connectivity index is 4.03. The Morgan fingerprint density at radius 2 is 0.983 bits per heavy atom. The van der Waals surface area contributed by atoms with Crippen LogP contribution in [0.2, 0.25) is 0 Å². The number of allylic oxidation sites excluding steroid dienone is 7. The lowest BCUT2D eigenvalue weighted by atomic mass is 10.0. The first-order valence-corrected chi connectivity index (χ1v) is 26.5. The molecule has 0 bridgehead atoms. The molecule has 0 saturated heterocycles. The van der Waals surface area contributed by atoms with Crippen molar-refractivity contribution in [2.75, 3.05) is 40.9 Å². The minimum absolute atomic E-state index is 0.0526. The van der Waals surface area contributed by atoms with E-state index in [1.165, 1.54) is 154 Å². The van der Waals surface area contributed by atoms with Crippen LogP contribution in [0.4, 0.5) is 0 Å². The van der Waals surface area contributed by atoms with Gasteiger partial charge in [-0.1, -0.05) is 197 Å². The fourth-order valence-corrected chi connectivity index (χ4v) is 7.87. The second kappa shape index (κ2) is 42.7. The second-order valence-corrected chi connectivity index (χ2v) is 19.6. The highest BCUT2D eigenvalue weighted by Gasteiger charge is 2.27. The molecule has 0 saturated carbocycles. The number of carbonyl (C=O) groups is 1. The smallest absolute Gasteiger partial charge is 0.387 e. The van der Waals surface area contributed by atoms with Crippen LogP contribution in [0, 0.1) is 0 Å². The molecular formula is C51H98N2O6P+. The number of aliphatic hydroxyl groups is 1. The maximum Gasteiger partial charge on any atom is 0.472 e. The van der Waals surface area contributed by atoms with Crippen LogP contribution in [0.5, 0.6) is 0 Å². The summed E-state index contributed by atoms with van der Waals surface area (Å²) in [6.45, 7) is 4.55. The van der Waals surface area contributed by atoms with Crippen molar-refractivity contribution in [2.45, 2.75) is 231 Å². The molecule has 0 spiro atoms. The molecule has 3 atom stereocenters. The maximum absolute atomic E-state index is 12.9.